The molecule has 10 heteroatoms. The molecule has 0 unspecified atom stereocenters. The third-order valence-electron chi connectivity index (χ3n) is 3.61. The number of nitrogens with one attached hydrogen (secondary N) is 1. The molecule has 0 radical (unpaired) electrons. The van der Waals surface area contributed by atoms with Crippen LogP contribution >= 0.6 is 11.6 Å². The van der Waals surface area contributed by atoms with E-state index in [4.69, 9.17) is 11.6 Å². The number of aromatic nitrogens is 3. The Morgan fingerprint density at radius 1 is 1.29 bits per heavy atom. The first-order valence-electron chi connectivity index (χ1n) is 7.15. The van der Waals surface area contributed by atoms with Gasteiger partial charge in [-0.15, -0.1) is 0 Å². The van der Waals surface area contributed by atoms with Gasteiger partial charge in [0, 0.05) is 32.4 Å². The van der Waals surface area contributed by atoms with Crippen LogP contribution in [0.2, 0.25) is 5.02 Å². The maximum atomic E-state index is 13.6. The molecule has 0 aromatic carbocycles. The van der Waals surface area contributed by atoms with E-state index in [1.54, 1.807) is 0 Å². The van der Waals surface area contributed by atoms with E-state index in [2.05, 4.69) is 15.4 Å². The summed E-state index contributed by atoms with van der Waals surface area (Å²) >= 11 is 5.92. The minimum atomic E-state index is -4.78. The molecule has 2 aromatic rings. The lowest BCUT2D eigenvalue weighted by Gasteiger charge is -2.27. The van der Waals surface area contributed by atoms with E-state index in [1.807, 2.05) is 0 Å². The van der Waals surface area contributed by atoms with Gasteiger partial charge in [-0.3, -0.25) is 4.79 Å². The van der Waals surface area contributed by atoms with Crippen molar-refractivity contribution >= 4 is 17.5 Å². The van der Waals surface area contributed by atoms with Crippen LogP contribution in [0, 0.1) is 0 Å². The molecule has 0 bridgehead atoms. The number of amides is 1. The number of piperazine rings is 1. The number of alkyl halides is 3. The SMILES string of the molecule is O=C(c1cnn(-c2ncccc2Cl)c1C(F)(F)F)N1CCNCC1. The van der Waals surface area contributed by atoms with Crippen molar-refractivity contribution in [3.63, 3.8) is 0 Å². The van der Waals surface area contributed by atoms with Gasteiger partial charge in [-0.05, 0) is 12.1 Å². The Kier molecular flexibility index (Phi) is 4.46. The number of hydrogen-bond acceptors (Lipinski definition) is 4. The van der Waals surface area contributed by atoms with Crippen molar-refractivity contribution in [3.8, 4) is 5.82 Å². The number of halogens is 4. The number of hydrogen-bond donors (Lipinski definition) is 1. The maximum absolute atomic E-state index is 13.6. The van der Waals surface area contributed by atoms with Crippen molar-refractivity contribution in [3.05, 3.63) is 40.8 Å². The number of pyridine rings is 1. The summed E-state index contributed by atoms with van der Waals surface area (Å²) in [6, 6.07) is 2.90. The molecular weight excluding hydrogens is 347 g/mol. The summed E-state index contributed by atoms with van der Waals surface area (Å²) in [6.45, 7) is 1.75. The molecule has 1 amide bonds. The lowest BCUT2D eigenvalue weighted by Crippen LogP contribution is -2.46. The Bertz CT molecular complexity index is 755. The van der Waals surface area contributed by atoms with Crippen LogP contribution in [-0.4, -0.2) is 51.8 Å². The average Bonchev–Trinajstić information content (AvgIpc) is 3.00. The summed E-state index contributed by atoms with van der Waals surface area (Å²) < 4.78 is 41.3. The molecule has 6 nitrogen and oxygen atoms in total. The van der Waals surface area contributed by atoms with E-state index >= 15 is 0 Å². The average molecular weight is 360 g/mol. The third-order valence-corrected chi connectivity index (χ3v) is 3.91. The van der Waals surface area contributed by atoms with Gasteiger partial charge in [-0.2, -0.15) is 18.3 Å². The van der Waals surface area contributed by atoms with E-state index < -0.39 is 23.3 Å². The van der Waals surface area contributed by atoms with Gasteiger partial charge in [-0.25, -0.2) is 9.67 Å². The molecule has 1 N–H and O–H groups in total. The Morgan fingerprint density at radius 2 is 2.00 bits per heavy atom. The first kappa shape index (κ1) is 16.7. The second kappa shape index (κ2) is 6.40. The van der Waals surface area contributed by atoms with Crippen LogP contribution in [0.1, 0.15) is 16.1 Å². The predicted molar refractivity (Wildman–Crippen MR) is 80.1 cm³/mol. The Balaban J connectivity index is 2.08. The van der Waals surface area contributed by atoms with Crippen LogP contribution in [0.4, 0.5) is 13.2 Å². The number of nitrogens with zero attached hydrogens (tertiary/aromatic N) is 4. The topological polar surface area (TPSA) is 63.1 Å². The van der Waals surface area contributed by atoms with Gasteiger partial charge in [-0.1, -0.05) is 11.6 Å². The second-order valence-electron chi connectivity index (χ2n) is 5.17. The van der Waals surface area contributed by atoms with Crippen LogP contribution in [0.5, 0.6) is 0 Å². The van der Waals surface area contributed by atoms with Crippen LogP contribution in [0.25, 0.3) is 5.82 Å². The minimum Gasteiger partial charge on any atom is -0.336 e. The molecule has 0 saturated carbocycles. The largest absolute Gasteiger partial charge is 0.434 e. The first-order valence-corrected chi connectivity index (χ1v) is 7.53. The lowest BCUT2D eigenvalue weighted by atomic mass is 10.2. The van der Waals surface area contributed by atoms with Crippen molar-refractivity contribution in [2.45, 2.75) is 6.18 Å². The van der Waals surface area contributed by atoms with Crippen LogP contribution in [0.15, 0.2) is 24.5 Å². The molecule has 3 heterocycles. The monoisotopic (exact) mass is 359 g/mol. The summed E-state index contributed by atoms with van der Waals surface area (Å²) in [4.78, 5) is 17.7. The van der Waals surface area contributed by atoms with E-state index in [9.17, 15) is 18.0 Å². The molecule has 1 aliphatic heterocycles. The molecule has 3 rings (SSSR count). The van der Waals surface area contributed by atoms with Crippen LogP contribution in [-0.2, 0) is 6.18 Å². The molecule has 1 saturated heterocycles. The number of rotatable bonds is 2. The number of carbonyl (C=O) groups excluding carboxylic acids is 1. The highest BCUT2D eigenvalue weighted by Gasteiger charge is 2.42. The van der Waals surface area contributed by atoms with Gasteiger partial charge in [0.25, 0.3) is 5.91 Å². The molecule has 24 heavy (non-hydrogen) atoms. The minimum absolute atomic E-state index is 0.00673. The fourth-order valence-corrected chi connectivity index (χ4v) is 2.71. The van der Waals surface area contributed by atoms with Gasteiger partial charge >= 0.3 is 6.18 Å². The van der Waals surface area contributed by atoms with E-state index in [-0.39, 0.29) is 10.8 Å². The fraction of sp³-hybridized carbons (Fsp3) is 0.357. The highest BCUT2D eigenvalue weighted by molar-refractivity contribution is 6.32. The van der Waals surface area contributed by atoms with Gasteiger partial charge in [0.1, 0.15) is 0 Å². The number of carbonyl (C=O) groups is 1. The Hall–Kier alpha value is -2.13. The standard InChI is InChI=1S/C14H13ClF3N5O/c15-10-2-1-3-20-12(10)23-11(14(16,17)18)9(8-21-23)13(24)22-6-4-19-5-7-22/h1-3,8,19H,4-7H2. The third kappa shape index (κ3) is 3.09. The highest BCUT2D eigenvalue weighted by Crippen LogP contribution is 2.35. The summed E-state index contributed by atoms with van der Waals surface area (Å²) in [5.41, 5.74) is -1.68. The first-order chi connectivity index (χ1) is 11.4. The van der Waals surface area contributed by atoms with Crippen LogP contribution < -0.4 is 5.32 Å². The molecule has 0 atom stereocenters. The molecule has 1 fully saturated rings. The van der Waals surface area contributed by atoms with E-state index in [0.29, 0.717) is 30.9 Å². The van der Waals surface area contributed by atoms with Gasteiger partial charge in [0.05, 0.1) is 16.8 Å². The zero-order valence-electron chi connectivity index (χ0n) is 12.3. The van der Waals surface area contributed by atoms with Crippen molar-refractivity contribution in [1.82, 2.24) is 25.0 Å². The van der Waals surface area contributed by atoms with Crippen molar-refractivity contribution in [1.29, 1.82) is 0 Å². The second-order valence-corrected chi connectivity index (χ2v) is 5.57. The zero-order chi connectivity index (χ0) is 17.3. The fourth-order valence-electron chi connectivity index (χ4n) is 2.51. The smallest absolute Gasteiger partial charge is 0.336 e. The Labute approximate surface area is 140 Å². The lowest BCUT2D eigenvalue weighted by molar-refractivity contribution is -0.143. The molecule has 2 aromatic heterocycles. The van der Waals surface area contributed by atoms with Gasteiger partial charge in [0.15, 0.2) is 11.5 Å². The van der Waals surface area contributed by atoms with Crippen LogP contribution in [0.3, 0.4) is 0 Å². The van der Waals surface area contributed by atoms with Gasteiger partial charge in [0.2, 0.25) is 0 Å². The molecule has 1 aliphatic rings. The van der Waals surface area contributed by atoms with Gasteiger partial charge < -0.3 is 10.2 Å². The molecule has 128 valence electrons. The molecule has 0 aliphatic carbocycles. The highest BCUT2D eigenvalue weighted by atomic mass is 35.5. The van der Waals surface area contributed by atoms with Crippen molar-refractivity contribution in [2.24, 2.45) is 0 Å². The predicted octanol–water partition coefficient (Wildman–Crippen LogP) is 1.98. The summed E-state index contributed by atoms with van der Waals surface area (Å²) in [7, 11) is 0. The normalized spacial score (nSPS) is 15.6. The molecular formula is C14H13ClF3N5O. The Morgan fingerprint density at radius 3 is 2.62 bits per heavy atom. The zero-order valence-corrected chi connectivity index (χ0v) is 13.1. The van der Waals surface area contributed by atoms with E-state index in [0.717, 1.165) is 6.20 Å². The summed E-state index contributed by atoms with van der Waals surface area (Å²) in [5, 5.41) is 6.76. The quantitative estimate of drug-likeness (QED) is 0.890. The summed E-state index contributed by atoms with van der Waals surface area (Å²) in [5.74, 6) is -0.881. The molecule has 0 spiro atoms. The van der Waals surface area contributed by atoms with Crippen molar-refractivity contribution in [2.75, 3.05) is 26.2 Å². The van der Waals surface area contributed by atoms with Crippen molar-refractivity contribution < 1.29 is 18.0 Å². The maximum Gasteiger partial charge on any atom is 0.434 e. The van der Waals surface area contributed by atoms with E-state index in [1.165, 1.54) is 23.2 Å². The summed E-state index contributed by atoms with van der Waals surface area (Å²) in [6.07, 6.45) is -2.56.